The van der Waals surface area contributed by atoms with Crippen LogP contribution in [0.2, 0.25) is 0 Å². The van der Waals surface area contributed by atoms with E-state index in [0.29, 0.717) is 0 Å². The smallest absolute Gasteiger partial charge is 0.319 e. The zero-order valence-electron chi connectivity index (χ0n) is 12.1. The molecule has 2 atom stereocenters. The van der Waals surface area contributed by atoms with Crippen LogP contribution in [0.3, 0.4) is 0 Å². The van der Waals surface area contributed by atoms with Gasteiger partial charge in [-0.15, -0.1) is 0 Å². The second-order valence-electron chi connectivity index (χ2n) is 5.02. The van der Waals surface area contributed by atoms with Gasteiger partial charge in [0.15, 0.2) is 9.84 Å². The van der Waals surface area contributed by atoms with E-state index in [-0.39, 0.29) is 17.9 Å². The largest absolute Gasteiger partial charge is 0.480 e. The van der Waals surface area contributed by atoms with Crippen LogP contribution in [-0.4, -0.2) is 45.7 Å². The molecule has 118 valence electrons. The topological polar surface area (TPSA) is 88.5 Å². The summed E-state index contributed by atoms with van der Waals surface area (Å²) in [5.41, 5.74) is 0.768. The van der Waals surface area contributed by atoms with Crippen LogP contribution in [0.25, 0.3) is 0 Å². The average Bonchev–Trinajstić information content (AvgIpc) is 2.43. The van der Waals surface area contributed by atoms with E-state index in [1.54, 1.807) is 38.1 Å². The van der Waals surface area contributed by atoms with Crippen molar-refractivity contribution >= 4 is 26.6 Å². The number of carboxylic acid groups (broad SMARTS) is 1. The molecule has 1 N–H and O–H groups in total. The molecule has 0 fully saturated rings. The molecule has 0 radical (unpaired) electrons. The summed E-state index contributed by atoms with van der Waals surface area (Å²) in [4.78, 5) is 11.3. The lowest BCUT2D eigenvalue weighted by Crippen LogP contribution is -2.32. The average molecular weight is 332 g/mol. The molecule has 0 aromatic heterocycles. The molecule has 0 amide bonds. The predicted octanol–water partition coefficient (Wildman–Crippen LogP) is 1.25. The molecule has 1 aromatic carbocycles. The van der Waals surface area contributed by atoms with Crippen molar-refractivity contribution in [3.8, 4) is 0 Å². The first kappa shape index (κ1) is 17.8. The van der Waals surface area contributed by atoms with Crippen molar-refractivity contribution in [1.82, 2.24) is 0 Å². The Kier molecular flexibility index (Phi) is 6.54. The first-order valence-corrected chi connectivity index (χ1v) is 9.69. The van der Waals surface area contributed by atoms with Crippen LogP contribution < -0.4 is 0 Å². The molecule has 0 aliphatic rings. The van der Waals surface area contributed by atoms with E-state index in [0.717, 1.165) is 5.56 Å². The fourth-order valence-electron chi connectivity index (χ4n) is 1.70. The summed E-state index contributed by atoms with van der Waals surface area (Å²) in [6, 6.07) is 8.89. The van der Waals surface area contributed by atoms with E-state index >= 15 is 0 Å². The van der Waals surface area contributed by atoms with Gasteiger partial charge in [0.25, 0.3) is 0 Å². The molecular weight excluding hydrogens is 312 g/mol. The molecular formula is C14H20O5S2. The maximum absolute atomic E-state index is 12.1. The number of aliphatic carboxylic acids is 1. The Labute approximate surface area is 127 Å². The monoisotopic (exact) mass is 332 g/mol. The number of carboxylic acids is 1. The Bertz CT molecular complexity index is 593. The van der Waals surface area contributed by atoms with Crippen LogP contribution in [0.15, 0.2) is 30.3 Å². The molecule has 0 saturated heterocycles. The number of hydrogen-bond acceptors (Lipinski definition) is 4. The summed E-state index contributed by atoms with van der Waals surface area (Å²) < 4.78 is 35.5. The molecule has 0 aliphatic carbocycles. The second kappa shape index (κ2) is 7.70. The SMILES string of the molecule is CC(C)S(=O)(=O)CCS(=O)C(Cc1ccccc1)C(=O)O. The Morgan fingerprint density at radius 1 is 1.24 bits per heavy atom. The van der Waals surface area contributed by atoms with Gasteiger partial charge in [-0.05, 0) is 25.8 Å². The van der Waals surface area contributed by atoms with Crippen molar-refractivity contribution in [2.45, 2.75) is 30.8 Å². The van der Waals surface area contributed by atoms with Gasteiger partial charge in [0.1, 0.15) is 5.25 Å². The maximum Gasteiger partial charge on any atom is 0.319 e. The van der Waals surface area contributed by atoms with Crippen molar-refractivity contribution in [3.05, 3.63) is 35.9 Å². The predicted molar refractivity (Wildman–Crippen MR) is 83.5 cm³/mol. The van der Waals surface area contributed by atoms with Gasteiger partial charge < -0.3 is 5.11 Å². The van der Waals surface area contributed by atoms with Gasteiger partial charge >= 0.3 is 5.97 Å². The zero-order valence-corrected chi connectivity index (χ0v) is 13.7. The molecule has 2 unspecified atom stereocenters. The van der Waals surface area contributed by atoms with Crippen molar-refractivity contribution in [1.29, 1.82) is 0 Å². The van der Waals surface area contributed by atoms with Gasteiger partial charge in [0.05, 0.1) is 11.0 Å². The Balaban J connectivity index is 2.73. The summed E-state index contributed by atoms with van der Waals surface area (Å²) >= 11 is 0. The van der Waals surface area contributed by atoms with Crippen LogP contribution in [0.5, 0.6) is 0 Å². The van der Waals surface area contributed by atoms with E-state index in [9.17, 15) is 22.5 Å². The fraction of sp³-hybridized carbons (Fsp3) is 0.500. The summed E-state index contributed by atoms with van der Waals surface area (Å²) in [6.07, 6.45) is 0.129. The zero-order chi connectivity index (χ0) is 16.0. The Hall–Kier alpha value is -1.21. The van der Waals surface area contributed by atoms with E-state index in [1.807, 2.05) is 6.07 Å². The Morgan fingerprint density at radius 3 is 2.29 bits per heavy atom. The second-order valence-corrected chi connectivity index (χ2v) is 9.43. The first-order valence-electron chi connectivity index (χ1n) is 6.59. The third-order valence-corrected chi connectivity index (χ3v) is 7.22. The van der Waals surface area contributed by atoms with Gasteiger partial charge in [0, 0.05) is 16.6 Å². The molecule has 0 heterocycles. The molecule has 0 aliphatic heterocycles. The number of hydrogen-bond donors (Lipinski definition) is 1. The van der Waals surface area contributed by atoms with Crippen LogP contribution in [0.1, 0.15) is 19.4 Å². The molecule has 7 heteroatoms. The first-order chi connectivity index (χ1) is 9.74. The molecule has 1 aromatic rings. The minimum absolute atomic E-state index is 0.129. The van der Waals surface area contributed by atoms with Gasteiger partial charge in [-0.25, -0.2) is 8.42 Å². The van der Waals surface area contributed by atoms with Crippen molar-refractivity contribution in [2.24, 2.45) is 0 Å². The fourth-order valence-corrected chi connectivity index (χ4v) is 4.64. The van der Waals surface area contributed by atoms with E-state index in [1.165, 1.54) is 0 Å². The number of carbonyl (C=O) groups is 1. The molecule has 5 nitrogen and oxygen atoms in total. The lowest BCUT2D eigenvalue weighted by atomic mass is 10.1. The van der Waals surface area contributed by atoms with E-state index in [2.05, 4.69) is 0 Å². The maximum atomic E-state index is 12.1. The summed E-state index contributed by atoms with van der Waals surface area (Å²) in [5.74, 6) is -1.57. The highest BCUT2D eigenvalue weighted by Crippen LogP contribution is 2.10. The minimum Gasteiger partial charge on any atom is -0.480 e. The molecule has 0 saturated carbocycles. The summed E-state index contributed by atoms with van der Waals surface area (Å²) in [6.45, 7) is 3.10. The number of sulfone groups is 1. The van der Waals surface area contributed by atoms with Gasteiger partial charge in [-0.3, -0.25) is 9.00 Å². The van der Waals surface area contributed by atoms with Gasteiger partial charge in [0.2, 0.25) is 0 Å². The molecule has 0 bridgehead atoms. The van der Waals surface area contributed by atoms with Crippen LogP contribution in [0, 0.1) is 0 Å². The van der Waals surface area contributed by atoms with Gasteiger partial charge in [-0.2, -0.15) is 0 Å². The summed E-state index contributed by atoms with van der Waals surface area (Å²) in [7, 11) is -5.04. The minimum atomic E-state index is -3.31. The Morgan fingerprint density at radius 2 is 1.81 bits per heavy atom. The van der Waals surface area contributed by atoms with Gasteiger partial charge in [-0.1, -0.05) is 30.3 Å². The molecule has 1 rings (SSSR count). The van der Waals surface area contributed by atoms with Crippen LogP contribution >= 0.6 is 0 Å². The molecule has 21 heavy (non-hydrogen) atoms. The van der Waals surface area contributed by atoms with E-state index < -0.39 is 37.1 Å². The highest BCUT2D eigenvalue weighted by molar-refractivity contribution is 7.93. The highest BCUT2D eigenvalue weighted by atomic mass is 32.2. The number of benzene rings is 1. The van der Waals surface area contributed by atoms with Crippen molar-refractivity contribution < 1.29 is 22.5 Å². The molecule has 0 spiro atoms. The number of rotatable bonds is 8. The quantitative estimate of drug-likeness (QED) is 0.774. The highest BCUT2D eigenvalue weighted by Gasteiger charge is 2.27. The normalized spacial score (nSPS) is 14.8. The van der Waals surface area contributed by atoms with Crippen molar-refractivity contribution in [2.75, 3.05) is 11.5 Å². The lowest BCUT2D eigenvalue weighted by Gasteiger charge is -2.13. The third-order valence-electron chi connectivity index (χ3n) is 3.14. The third kappa shape index (κ3) is 5.59. The van der Waals surface area contributed by atoms with Crippen molar-refractivity contribution in [3.63, 3.8) is 0 Å². The van der Waals surface area contributed by atoms with E-state index in [4.69, 9.17) is 0 Å². The van der Waals surface area contributed by atoms with Crippen LogP contribution in [-0.2, 0) is 31.9 Å². The van der Waals surface area contributed by atoms with Crippen LogP contribution in [0.4, 0.5) is 0 Å². The summed E-state index contributed by atoms with van der Waals surface area (Å²) in [5, 5.41) is 7.56. The standard InChI is InChI=1S/C14H20O5S2/c1-11(2)21(18,19)9-8-20(17)13(14(15)16)10-12-6-4-3-5-7-12/h3-7,11,13H,8-10H2,1-2H3,(H,15,16). The lowest BCUT2D eigenvalue weighted by molar-refractivity contribution is -0.136.